The molecule has 0 spiro atoms. The summed E-state index contributed by atoms with van der Waals surface area (Å²) in [4.78, 5) is 10.3. The van der Waals surface area contributed by atoms with Crippen molar-refractivity contribution in [3.63, 3.8) is 0 Å². The molecular weight excluding hydrogens is 164 g/mol. The molecule has 1 rings (SSSR count). The Bertz CT molecular complexity index is 160. The molecule has 1 aliphatic rings. The molecule has 1 aliphatic heterocycles. The number of aldehydes is 1. The van der Waals surface area contributed by atoms with Gasteiger partial charge >= 0.3 is 0 Å². The first-order valence-electron chi connectivity index (χ1n) is 3.74. The average molecular weight is 176 g/mol. The summed E-state index contributed by atoms with van der Waals surface area (Å²) >= 11 is 0. The first kappa shape index (κ1) is 9.60. The monoisotopic (exact) mass is 176 g/mol. The molecule has 1 heterocycles. The maximum Gasteiger partial charge on any atom is 0.128 e. The fraction of sp³-hybridized carbons (Fsp3) is 0.857. The summed E-state index contributed by atoms with van der Waals surface area (Å²) in [6.07, 6.45) is -2.55. The van der Waals surface area contributed by atoms with E-state index in [0.29, 0.717) is 6.29 Å². The second kappa shape index (κ2) is 3.95. The van der Waals surface area contributed by atoms with Gasteiger partial charge in [0, 0.05) is 0 Å². The van der Waals surface area contributed by atoms with Gasteiger partial charge in [-0.05, 0) is 0 Å². The molecule has 0 saturated carbocycles. The fourth-order valence-electron chi connectivity index (χ4n) is 1.19. The van der Waals surface area contributed by atoms with Crippen molar-refractivity contribution in [3.8, 4) is 0 Å². The Morgan fingerprint density at radius 2 is 2.08 bits per heavy atom. The zero-order valence-electron chi connectivity index (χ0n) is 6.46. The Balaban J connectivity index is 2.58. The highest BCUT2D eigenvalue weighted by Crippen LogP contribution is 2.18. The van der Waals surface area contributed by atoms with Gasteiger partial charge in [-0.3, -0.25) is 0 Å². The Morgan fingerprint density at radius 3 is 2.58 bits per heavy atom. The summed E-state index contributed by atoms with van der Waals surface area (Å²) in [5.74, 6) is -0.692. The Kier molecular flexibility index (Phi) is 3.16. The lowest BCUT2D eigenvalue weighted by atomic mass is 9.94. The van der Waals surface area contributed by atoms with Gasteiger partial charge in [0.1, 0.15) is 18.5 Å². The SMILES string of the molecule is O=C[C@H]1CO[C@H](CO)[C@H](O)C1O. The van der Waals surface area contributed by atoms with E-state index in [2.05, 4.69) is 0 Å². The van der Waals surface area contributed by atoms with Crippen LogP contribution in [0.1, 0.15) is 0 Å². The first-order chi connectivity index (χ1) is 5.70. The van der Waals surface area contributed by atoms with Crippen LogP contribution in [0.2, 0.25) is 0 Å². The van der Waals surface area contributed by atoms with Crippen molar-refractivity contribution < 1.29 is 24.9 Å². The number of aliphatic hydroxyl groups is 3. The van der Waals surface area contributed by atoms with Crippen LogP contribution in [0.25, 0.3) is 0 Å². The molecule has 70 valence electrons. The second-order valence-electron chi connectivity index (χ2n) is 2.84. The van der Waals surface area contributed by atoms with E-state index in [0.717, 1.165) is 0 Å². The minimum atomic E-state index is -1.18. The van der Waals surface area contributed by atoms with Crippen LogP contribution in [0.5, 0.6) is 0 Å². The Labute approximate surface area is 69.6 Å². The van der Waals surface area contributed by atoms with Gasteiger partial charge in [0.2, 0.25) is 0 Å². The summed E-state index contributed by atoms with van der Waals surface area (Å²) in [6.45, 7) is -0.309. The zero-order chi connectivity index (χ0) is 9.14. The van der Waals surface area contributed by atoms with Crippen molar-refractivity contribution in [2.75, 3.05) is 13.2 Å². The van der Waals surface area contributed by atoms with Crippen molar-refractivity contribution in [1.82, 2.24) is 0 Å². The molecule has 3 N–H and O–H groups in total. The minimum absolute atomic E-state index is 0.0486. The molecule has 0 aromatic rings. The maximum absolute atomic E-state index is 10.3. The van der Waals surface area contributed by atoms with Crippen molar-refractivity contribution in [1.29, 1.82) is 0 Å². The Hall–Kier alpha value is -0.490. The predicted molar refractivity (Wildman–Crippen MR) is 38.4 cm³/mol. The molecule has 12 heavy (non-hydrogen) atoms. The van der Waals surface area contributed by atoms with Crippen LogP contribution in [0.3, 0.4) is 0 Å². The van der Waals surface area contributed by atoms with Crippen LogP contribution in [0.4, 0.5) is 0 Å². The number of rotatable bonds is 2. The quantitative estimate of drug-likeness (QED) is 0.420. The minimum Gasteiger partial charge on any atom is -0.394 e. The third-order valence-corrected chi connectivity index (χ3v) is 2.03. The largest absolute Gasteiger partial charge is 0.394 e. The normalized spacial score (nSPS) is 42.6. The number of carbonyl (C=O) groups is 1. The lowest BCUT2D eigenvalue weighted by Gasteiger charge is -2.34. The summed E-state index contributed by atoms with van der Waals surface area (Å²) < 4.78 is 4.92. The molecule has 1 unspecified atom stereocenters. The lowest BCUT2D eigenvalue weighted by Crippen LogP contribution is -2.51. The molecule has 1 fully saturated rings. The fourth-order valence-corrected chi connectivity index (χ4v) is 1.19. The van der Waals surface area contributed by atoms with Gasteiger partial charge in [-0.2, -0.15) is 0 Å². The van der Waals surface area contributed by atoms with Gasteiger partial charge in [-0.1, -0.05) is 0 Å². The molecule has 0 aromatic heterocycles. The van der Waals surface area contributed by atoms with Gasteiger partial charge in [0.15, 0.2) is 0 Å². The molecule has 0 amide bonds. The number of hydrogen-bond acceptors (Lipinski definition) is 5. The maximum atomic E-state index is 10.3. The average Bonchev–Trinajstić information content (AvgIpc) is 2.10. The van der Waals surface area contributed by atoms with Crippen LogP contribution in [0.15, 0.2) is 0 Å². The highest BCUT2D eigenvalue weighted by molar-refractivity contribution is 5.55. The molecule has 4 atom stereocenters. The van der Waals surface area contributed by atoms with Gasteiger partial charge in [0.05, 0.1) is 25.2 Å². The Morgan fingerprint density at radius 1 is 1.42 bits per heavy atom. The zero-order valence-corrected chi connectivity index (χ0v) is 6.46. The van der Waals surface area contributed by atoms with Crippen molar-refractivity contribution in [3.05, 3.63) is 0 Å². The van der Waals surface area contributed by atoms with E-state index in [1.54, 1.807) is 0 Å². The lowest BCUT2D eigenvalue weighted by molar-refractivity contribution is -0.174. The summed E-state index contributed by atoms with van der Waals surface area (Å²) in [5.41, 5.74) is 0. The molecule has 0 aromatic carbocycles. The first-order valence-corrected chi connectivity index (χ1v) is 3.74. The number of aliphatic hydroxyl groups excluding tert-OH is 3. The summed E-state index contributed by atoms with van der Waals surface area (Å²) in [5, 5.41) is 27.2. The number of ether oxygens (including phenoxy) is 1. The highest BCUT2D eigenvalue weighted by Gasteiger charge is 2.37. The smallest absolute Gasteiger partial charge is 0.128 e. The van der Waals surface area contributed by atoms with E-state index in [-0.39, 0.29) is 13.2 Å². The van der Waals surface area contributed by atoms with Gasteiger partial charge in [-0.25, -0.2) is 0 Å². The van der Waals surface area contributed by atoms with E-state index in [4.69, 9.17) is 9.84 Å². The van der Waals surface area contributed by atoms with Crippen molar-refractivity contribution in [2.45, 2.75) is 18.3 Å². The van der Waals surface area contributed by atoms with Crippen LogP contribution in [0, 0.1) is 5.92 Å². The summed E-state index contributed by atoms with van der Waals surface area (Å²) in [7, 11) is 0. The van der Waals surface area contributed by atoms with E-state index >= 15 is 0 Å². The van der Waals surface area contributed by atoms with E-state index < -0.39 is 24.2 Å². The third kappa shape index (κ3) is 1.64. The van der Waals surface area contributed by atoms with Crippen LogP contribution < -0.4 is 0 Å². The molecule has 5 heteroatoms. The van der Waals surface area contributed by atoms with E-state index in [1.165, 1.54) is 0 Å². The second-order valence-corrected chi connectivity index (χ2v) is 2.84. The van der Waals surface area contributed by atoms with E-state index in [9.17, 15) is 15.0 Å². The van der Waals surface area contributed by atoms with Crippen LogP contribution in [-0.4, -0.2) is 53.1 Å². The molecule has 5 nitrogen and oxygen atoms in total. The summed E-state index contributed by atoms with van der Waals surface area (Å²) in [6, 6.07) is 0. The molecule has 0 aliphatic carbocycles. The van der Waals surface area contributed by atoms with Crippen LogP contribution >= 0.6 is 0 Å². The molecule has 0 bridgehead atoms. The molecular formula is C7H12O5. The predicted octanol–water partition coefficient (Wildman–Crippen LogP) is -2.09. The van der Waals surface area contributed by atoms with Crippen LogP contribution in [-0.2, 0) is 9.53 Å². The van der Waals surface area contributed by atoms with E-state index in [1.807, 2.05) is 0 Å². The topological polar surface area (TPSA) is 87.0 Å². The van der Waals surface area contributed by atoms with Crippen molar-refractivity contribution in [2.24, 2.45) is 5.92 Å². The highest BCUT2D eigenvalue weighted by atomic mass is 16.5. The third-order valence-electron chi connectivity index (χ3n) is 2.03. The van der Waals surface area contributed by atoms with Gasteiger partial charge in [0.25, 0.3) is 0 Å². The van der Waals surface area contributed by atoms with Gasteiger partial charge < -0.3 is 24.9 Å². The van der Waals surface area contributed by atoms with Gasteiger partial charge in [-0.15, -0.1) is 0 Å². The molecule has 1 saturated heterocycles. The standard InChI is InChI=1S/C7H12O5/c8-1-4-3-12-5(2-9)7(11)6(4)10/h1,4-7,9-11H,2-3H2/t4-,5+,6?,7-/m0/s1. The number of carbonyl (C=O) groups excluding carboxylic acids is 1. The number of hydrogen-bond donors (Lipinski definition) is 3. The molecule has 0 radical (unpaired) electrons. The van der Waals surface area contributed by atoms with Crippen molar-refractivity contribution >= 4 is 6.29 Å².